The number of rotatable bonds is 7. The molecule has 1 heterocycles. The molecule has 0 aliphatic carbocycles. The van der Waals surface area contributed by atoms with E-state index in [-0.39, 0.29) is 12.5 Å². The number of hydrogen-bond donors (Lipinski definition) is 1. The monoisotopic (exact) mass is 464 g/mol. The fraction of sp³-hybridized carbons (Fsp3) is 0.259. The highest BCUT2D eigenvalue weighted by atomic mass is 19.1. The Morgan fingerprint density at radius 1 is 1.09 bits per heavy atom. The lowest BCUT2D eigenvalue weighted by Gasteiger charge is -2.43. The number of cyclic esters (lactones) is 1. The molecule has 0 saturated carbocycles. The van der Waals surface area contributed by atoms with E-state index in [2.05, 4.69) is 0 Å². The Hall–Kier alpha value is -3.74. The number of amides is 2. The van der Waals surface area contributed by atoms with Gasteiger partial charge < -0.3 is 15.4 Å². The first-order chi connectivity index (χ1) is 16.3. The van der Waals surface area contributed by atoms with Gasteiger partial charge in [-0.05, 0) is 35.7 Å². The number of nitrogens with zero attached hydrogens (tertiary/aromatic N) is 1. The number of halogens is 2. The average molecular weight is 465 g/mol. The molecule has 2 N–H and O–H groups in total. The molecule has 2 amide bonds. The van der Waals surface area contributed by atoms with Crippen molar-refractivity contribution in [1.82, 2.24) is 4.90 Å². The second-order valence-corrected chi connectivity index (χ2v) is 8.56. The van der Waals surface area contributed by atoms with Crippen LogP contribution in [0.25, 0.3) is 11.1 Å². The summed E-state index contributed by atoms with van der Waals surface area (Å²) in [5, 5.41) is 0. The highest BCUT2D eigenvalue weighted by molar-refractivity contribution is 5.74. The Balaban J connectivity index is 1.52. The third-order valence-electron chi connectivity index (χ3n) is 6.45. The van der Waals surface area contributed by atoms with E-state index in [1.54, 1.807) is 17.0 Å². The van der Waals surface area contributed by atoms with Crippen LogP contribution in [0.15, 0.2) is 72.8 Å². The summed E-state index contributed by atoms with van der Waals surface area (Å²) in [7, 11) is 0. The molecule has 2 atom stereocenters. The molecule has 0 aromatic heterocycles. The molecule has 3 aromatic carbocycles. The summed E-state index contributed by atoms with van der Waals surface area (Å²) in [6.07, 6.45) is 0.470. The fourth-order valence-electron chi connectivity index (χ4n) is 4.46. The minimum absolute atomic E-state index is 0.110. The summed E-state index contributed by atoms with van der Waals surface area (Å²) in [6, 6.07) is 19.7. The zero-order valence-electron chi connectivity index (χ0n) is 18.8. The van der Waals surface area contributed by atoms with Crippen molar-refractivity contribution < 1.29 is 23.1 Å². The number of carbonyl (C=O) groups is 2. The molecule has 176 valence electrons. The van der Waals surface area contributed by atoms with Gasteiger partial charge in [-0.1, -0.05) is 54.6 Å². The molecule has 1 saturated heterocycles. The van der Waals surface area contributed by atoms with Crippen molar-refractivity contribution in [2.24, 2.45) is 5.73 Å². The van der Waals surface area contributed by atoms with Crippen LogP contribution in [0.4, 0.5) is 13.6 Å². The molecule has 0 spiro atoms. The van der Waals surface area contributed by atoms with E-state index in [4.69, 9.17) is 10.5 Å². The van der Waals surface area contributed by atoms with E-state index in [9.17, 15) is 18.4 Å². The normalized spacial score (nSPS) is 18.9. The molecule has 3 aromatic rings. The van der Waals surface area contributed by atoms with Crippen LogP contribution in [-0.2, 0) is 15.1 Å². The third-order valence-corrected chi connectivity index (χ3v) is 6.45. The number of primary amides is 1. The van der Waals surface area contributed by atoms with Gasteiger partial charge in [0.05, 0.1) is 6.04 Å². The van der Waals surface area contributed by atoms with Crippen LogP contribution < -0.4 is 5.73 Å². The molecule has 0 bridgehead atoms. The molecule has 4 rings (SSSR count). The van der Waals surface area contributed by atoms with Gasteiger partial charge in [0.2, 0.25) is 5.91 Å². The molecule has 5 nitrogen and oxygen atoms in total. The lowest BCUT2D eigenvalue weighted by molar-refractivity contribution is -0.121. The number of hydrogen-bond acceptors (Lipinski definition) is 3. The average Bonchev–Trinajstić information content (AvgIpc) is 2.83. The van der Waals surface area contributed by atoms with Crippen molar-refractivity contribution in [1.29, 1.82) is 0 Å². The first kappa shape index (κ1) is 23.4. The number of nitrogens with two attached hydrogens (primary N) is 1. The fourth-order valence-corrected chi connectivity index (χ4v) is 4.46. The van der Waals surface area contributed by atoms with E-state index >= 15 is 0 Å². The van der Waals surface area contributed by atoms with Gasteiger partial charge in [-0.25, -0.2) is 13.6 Å². The first-order valence-corrected chi connectivity index (χ1v) is 11.2. The van der Waals surface area contributed by atoms with Gasteiger partial charge in [-0.3, -0.25) is 4.79 Å². The van der Waals surface area contributed by atoms with Gasteiger partial charge in [-0.2, -0.15) is 0 Å². The van der Waals surface area contributed by atoms with Crippen LogP contribution in [0.3, 0.4) is 0 Å². The van der Waals surface area contributed by atoms with Crippen LogP contribution in [0.2, 0.25) is 0 Å². The van der Waals surface area contributed by atoms with Crippen molar-refractivity contribution in [2.45, 2.75) is 37.8 Å². The Morgan fingerprint density at radius 2 is 1.79 bits per heavy atom. The summed E-state index contributed by atoms with van der Waals surface area (Å²) in [5.74, 6) is -1.70. The standard InChI is InChI=1S/C27H26F2N2O3/c1-18(19-7-9-20(10-8-19)23-12-11-22(28)17-24(23)29)31-16-15-27(34-26(31)33,14-13-25(30)32)21-5-3-2-4-6-21/h2-12,17-18H,13-16H2,1H3,(H2,30,32). The zero-order valence-corrected chi connectivity index (χ0v) is 18.8. The van der Waals surface area contributed by atoms with Crippen molar-refractivity contribution in [3.63, 3.8) is 0 Å². The number of ether oxygens (including phenoxy) is 1. The van der Waals surface area contributed by atoms with Crippen LogP contribution in [-0.4, -0.2) is 23.4 Å². The minimum atomic E-state index is -0.909. The van der Waals surface area contributed by atoms with Crippen LogP contribution in [0, 0.1) is 11.6 Å². The molecule has 1 fully saturated rings. The molecule has 1 aliphatic rings. The Morgan fingerprint density at radius 3 is 2.41 bits per heavy atom. The molecular weight excluding hydrogens is 438 g/mol. The molecule has 34 heavy (non-hydrogen) atoms. The van der Waals surface area contributed by atoms with E-state index in [0.717, 1.165) is 17.2 Å². The van der Waals surface area contributed by atoms with Crippen molar-refractivity contribution in [3.05, 3.63) is 95.6 Å². The largest absolute Gasteiger partial charge is 0.438 e. The SMILES string of the molecule is CC(c1ccc(-c2ccc(F)cc2F)cc1)N1CCC(CCC(N)=O)(c2ccccc2)OC1=O. The third kappa shape index (κ3) is 4.78. The Labute approximate surface area is 197 Å². The van der Waals surface area contributed by atoms with E-state index in [0.29, 0.717) is 30.5 Å². The zero-order chi connectivity index (χ0) is 24.3. The lowest BCUT2D eigenvalue weighted by Crippen LogP contribution is -2.49. The van der Waals surface area contributed by atoms with Crippen molar-refractivity contribution in [3.8, 4) is 11.1 Å². The predicted octanol–water partition coefficient (Wildman–Crippen LogP) is 5.70. The maximum absolute atomic E-state index is 14.1. The van der Waals surface area contributed by atoms with Gasteiger partial charge in [0.15, 0.2) is 0 Å². The first-order valence-electron chi connectivity index (χ1n) is 11.2. The molecule has 0 radical (unpaired) electrons. The second-order valence-electron chi connectivity index (χ2n) is 8.56. The van der Waals surface area contributed by atoms with Crippen LogP contribution >= 0.6 is 0 Å². The highest BCUT2D eigenvalue weighted by Crippen LogP contribution is 2.40. The van der Waals surface area contributed by atoms with Gasteiger partial charge in [0.25, 0.3) is 0 Å². The van der Waals surface area contributed by atoms with Crippen molar-refractivity contribution in [2.75, 3.05) is 6.54 Å². The quantitative estimate of drug-likeness (QED) is 0.488. The summed E-state index contributed by atoms with van der Waals surface area (Å²) >= 11 is 0. The minimum Gasteiger partial charge on any atom is -0.438 e. The van der Waals surface area contributed by atoms with E-state index in [1.165, 1.54) is 12.1 Å². The summed E-state index contributed by atoms with van der Waals surface area (Å²) < 4.78 is 33.3. The van der Waals surface area contributed by atoms with Gasteiger partial charge in [0, 0.05) is 37.4 Å². The lowest BCUT2D eigenvalue weighted by atomic mass is 9.84. The Bertz CT molecular complexity index is 1180. The highest BCUT2D eigenvalue weighted by Gasteiger charge is 2.43. The predicted molar refractivity (Wildman–Crippen MR) is 125 cm³/mol. The summed E-state index contributed by atoms with van der Waals surface area (Å²) in [5.41, 5.74) is 7.07. The molecule has 2 unspecified atom stereocenters. The summed E-state index contributed by atoms with van der Waals surface area (Å²) in [4.78, 5) is 26.2. The van der Waals surface area contributed by atoms with Gasteiger partial charge in [0.1, 0.15) is 17.2 Å². The van der Waals surface area contributed by atoms with E-state index in [1.807, 2.05) is 49.4 Å². The maximum atomic E-state index is 14.1. The van der Waals surface area contributed by atoms with Crippen LogP contribution in [0.5, 0.6) is 0 Å². The molecular formula is C27H26F2N2O3. The molecule has 1 aliphatic heterocycles. The second kappa shape index (κ2) is 9.63. The van der Waals surface area contributed by atoms with Crippen LogP contribution in [0.1, 0.15) is 43.4 Å². The Kier molecular flexibility index (Phi) is 6.63. The number of benzene rings is 3. The topological polar surface area (TPSA) is 72.6 Å². The van der Waals surface area contributed by atoms with Gasteiger partial charge in [-0.15, -0.1) is 0 Å². The van der Waals surface area contributed by atoms with Crippen molar-refractivity contribution >= 4 is 12.0 Å². The smallest absolute Gasteiger partial charge is 0.411 e. The van der Waals surface area contributed by atoms with E-state index < -0.39 is 29.2 Å². The van der Waals surface area contributed by atoms with Gasteiger partial charge >= 0.3 is 6.09 Å². The summed E-state index contributed by atoms with van der Waals surface area (Å²) in [6.45, 7) is 2.33. The maximum Gasteiger partial charge on any atom is 0.411 e. The number of carbonyl (C=O) groups excluding carboxylic acids is 2. The molecule has 7 heteroatoms.